The maximum atomic E-state index is 3.96. The molecule has 0 aliphatic heterocycles. The molecule has 0 fully saturated rings. The van der Waals surface area contributed by atoms with Crippen LogP contribution in [0.2, 0.25) is 0 Å². The van der Waals surface area contributed by atoms with Gasteiger partial charge in [0.05, 0.1) is 0 Å². The van der Waals surface area contributed by atoms with Gasteiger partial charge in [-0.1, -0.05) is 11.8 Å². The molecule has 0 aliphatic carbocycles. The molecule has 13 heavy (non-hydrogen) atoms. The van der Waals surface area contributed by atoms with E-state index < -0.39 is 0 Å². The summed E-state index contributed by atoms with van der Waals surface area (Å²) >= 11 is 1.71. The summed E-state index contributed by atoms with van der Waals surface area (Å²) in [5.41, 5.74) is 0. The van der Waals surface area contributed by atoms with Gasteiger partial charge in [-0.2, -0.15) is 0 Å². The standard InChI is InChI=1S/C10H8N2S/c1-5-11-6-2-9(1)13-10-3-7-12-8-4-10/h1-8H. The second-order valence-electron chi connectivity index (χ2n) is 2.47. The fraction of sp³-hybridized carbons (Fsp3) is 0. The SMILES string of the molecule is c1cc(Sc2ccncc2)ccn1. The van der Waals surface area contributed by atoms with E-state index in [9.17, 15) is 0 Å². The van der Waals surface area contributed by atoms with Gasteiger partial charge in [-0.15, -0.1) is 0 Å². The number of nitrogens with zero attached hydrogens (tertiary/aromatic N) is 2. The number of rotatable bonds is 2. The molecule has 0 atom stereocenters. The number of pyridine rings is 2. The second-order valence-corrected chi connectivity index (χ2v) is 3.61. The summed E-state index contributed by atoms with van der Waals surface area (Å²) < 4.78 is 0. The van der Waals surface area contributed by atoms with Gasteiger partial charge >= 0.3 is 0 Å². The van der Waals surface area contributed by atoms with Gasteiger partial charge in [-0.3, -0.25) is 9.97 Å². The van der Waals surface area contributed by atoms with Crippen molar-refractivity contribution in [2.24, 2.45) is 0 Å². The largest absolute Gasteiger partial charge is 0.265 e. The van der Waals surface area contributed by atoms with Crippen LogP contribution in [0.25, 0.3) is 0 Å². The molecule has 0 saturated carbocycles. The first kappa shape index (κ1) is 8.26. The van der Waals surface area contributed by atoms with Crippen molar-refractivity contribution in [1.82, 2.24) is 9.97 Å². The Bertz CT molecular complexity index is 324. The van der Waals surface area contributed by atoms with E-state index >= 15 is 0 Å². The smallest absolute Gasteiger partial charge is 0.0279 e. The van der Waals surface area contributed by atoms with Crippen LogP contribution in [0.4, 0.5) is 0 Å². The molecule has 2 aromatic heterocycles. The summed E-state index contributed by atoms with van der Waals surface area (Å²) in [6.45, 7) is 0. The lowest BCUT2D eigenvalue weighted by Gasteiger charge is -1.98. The number of aromatic nitrogens is 2. The fourth-order valence-electron chi connectivity index (χ4n) is 0.949. The quantitative estimate of drug-likeness (QED) is 0.724. The summed E-state index contributed by atoms with van der Waals surface area (Å²) in [6, 6.07) is 7.96. The van der Waals surface area contributed by atoms with Gasteiger partial charge in [0.25, 0.3) is 0 Å². The highest BCUT2D eigenvalue weighted by atomic mass is 32.2. The molecule has 0 bridgehead atoms. The van der Waals surface area contributed by atoms with Gasteiger partial charge in [-0.05, 0) is 24.3 Å². The first-order valence-corrected chi connectivity index (χ1v) is 4.75. The summed E-state index contributed by atoms with van der Waals surface area (Å²) in [5.74, 6) is 0. The molecule has 0 N–H and O–H groups in total. The lowest BCUT2D eigenvalue weighted by molar-refractivity contribution is 1.24. The first-order chi connectivity index (χ1) is 6.45. The van der Waals surface area contributed by atoms with Crippen LogP contribution in [0.3, 0.4) is 0 Å². The number of hydrogen-bond acceptors (Lipinski definition) is 3. The van der Waals surface area contributed by atoms with Crippen LogP contribution in [0, 0.1) is 0 Å². The van der Waals surface area contributed by atoms with Crippen molar-refractivity contribution in [3.05, 3.63) is 49.1 Å². The first-order valence-electron chi connectivity index (χ1n) is 3.93. The highest BCUT2D eigenvalue weighted by molar-refractivity contribution is 7.99. The van der Waals surface area contributed by atoms with Crippen LogP contribution in [0.1, 0.15) is 0 Å². The Morgan fingerprint density at radius 1 is 0.692 bits per heavy atom. The Morgan fingerprint density at radius 3 is 1.46 bits per heavy atom. The molecule has 0 saturated heterocycles. The molecule has 0 radical (unpaired) electrons. The normalized spacial score (nSPS) is 9.85. The Morgan fingerprint density at radius 2 is 1.08 bits per heavy atom. The minimum atomic E-state index is 1.20. The van der Waals surface area contributed by atoms with E-state index in [1.54, 1.807) is 36.5 Å². The lowest BCUT2D eigenvalue weighted by Crippen LogP contribution is -1.74. The Kier molecular flexibility index (Phi) is 2.57. The van der Waals surface area contributed by atoms with Gasteiger partial charge < -0.3 is 0 Å². The molecular formula is C10H8N2S. The van der Waals surface area contributed by atoms with Crippen molar-refractivity contribution in [3.8, 4) is 0 Å². The van der Waals surface area contributed by atoms with Crippen LogP contribution >= 0.6 is 11.8 Å². The Hall–Kier alpha value is -1.35. The molecular weight excluding hydrogens is 180 g/mol. The molecule has 0 unspecified atom stereocenters. The minimum absolute atomic E-state index is 1.20. The molecule has 2 heterocycles. The summed E-state index contributed by atoms with van der Waals surface area (Å²) in [4.78, 5) is 10.3. The van der Waals surface area contributed by atoms with Crippen LogP contribution in [-0.2, 0) is 0 Å². The zero-order valence-corrected chi connectivity index (χ0v) is 7.74. The Balaban J connectivity index is 2.16. The van der Waals surface area contributed by atoms with Gasteiger partial charge in [-0.25, -0.2) is 0 Å². The van der Waals surface area contributed by atoms with E-state index in [0.29, 0.717) is 0 Å². The lowest BCUT2D eigenvalue weighted by atomic mass is 10.5. The molecule has 0 aromatic carbocycles. The summed E-state index contributed by atoms with van der Waals surface area (Å²) in [7, 11) is 0. The average molecular weight is 188 g/mol. The predicted molar refractivity (Wildman–Crippen MR) is 52.6 cm³/mol. The third kappa shape index (κ3) is 2.29. The van der Waals surface area contributed by atoms with Crippen molar-refractivity contribution in [2.45, 2.75) is 9.79 Å². The van der Waals surface area contributed by atoms with E-state index in [0.717, 1.165) is 0 Å². The third-order valence-corrected chi connectivity index (χ3v) is 2.55. The van der Waals surface area contributed by atoms with Crippen molar-refractivity contribution in [2.75, 3.05) is 0 Å². The predicted octanol–water partition coefficient (Wildman–Crippen LogP) is 2.63. The molecule has 2 aromatic rings. The maximum absolute atomic E-state index is 3.96. The fourth-order valence-corrected chi connectivity index (χ4v) is 1.74. The maximum Gasteiger partial charge on any atom is 0.0279 e. The van der Waals surface area contributed by atoms with Crippen LogP contribution < -0.4 is 0 Å². The second kappa shape index (κ2) is 4.05. The van der Waals surface area contributed by atoms with Gasteiger partial charge in [0.15, 0.2) is 0 Å². The van der Waals surface area contributed by atoms with Crippen LogP contribution in [0.15, 0.2) is 58.8 Å². The monoisotopic (exact) mass is 188 g/mol. The van der Waals surface area contributed by atoms with Crippen molar-refractivity contribution < 1.29 is 0 Å². The molecule has 2 rings (SSSR count). The van der Waals surface area contributed by atoms with Gasteiger partial charge in [0.1, 0.15) is 0 Å². The molecule has 3 heteroatoms. The van der Waals surface area contributed by atoms with E-state index in [2.05, 4.69) is 9.97 Å². The zero-order chi connectivity index (χ0) is 8.93. The van der Waals surface area contributed by atoms with E-state index in [1.807, 2.05) is 24.3 Å². The molecule has 0 aliphatic rings. The topological polar surface area (TPSA) is 25.8 Å². The van der Waals surface area contributed by atoms with Gasteiger partial charge in [0.2, 0.25) is 0 Å². The summed E-state index contributed by atoms with van der Waals surface area (Å²) in [6.07, 6.45) is 7.18. The minimum Gasteiger partial charge on any atom is -0.265 e. The molecule has 2 nitrogen and oxygen atoms in total. The highest BCUT2D eigenvalue weighted by Crippen LogP contribution is 2.25. The molecule has 0 spiro atoms. The number of hydrogen-bond donors (Lipinski definition) is 0. The van der Waals surface area contributed by atoms with Crippen molar-refractivity contribution in [1.29, 1.82) is 0 Å². The van der Waals surface area contributed by atoms with Crippen LogP contribution in [0.5, 0.6) is 0 Å². The summed E-state index contributed by atoms with van der Waals surface area (Å²) in [5, 5.41) is 0. The van der Waals surface area contributed by atoms with Crippen molar-refractivity contribution >= 4 is 11.8 Å². The average Bonchev–Trinajstić information content (AvgIpc) is 2.21. The van der Waals surface area contributed by atoms with E-state index in [-0.39, 0.29) is 0 Å². The zero-order valence-electron chi connectivity index (χ0n) is 6.92. The highest BCUT2D eigenvalue weighted by Gasteiger charge is 1.94. The van der Waals surface area contributed by atoms with E-state index in [4.69, 9.17) is 0 Å². The third-order valence-electron chi connectivity index (χ3n) is 1.54. The van der Waals surface area contributed by atoms with E-state index in [1.165, 1.54) is 9.79 Å². The van der Waals surface area contributed by atoms with Gasteiger partial charge in [0, 0.05) is 34.6 Å². The van der Waals surface area contributed by atoms with Crippen LogP contribution in [-0.4, -0.2) is 9.97 Å². The van der Waals surface area contributed by atoms with Crippen molar-refractivity contribution in [3.63, 3.8) is 0 Å². The Labute approximate surface area is 81.1 Å². The molecule has 0 amide bonds. The molecule has 64 valence electrons.